The molecule has 0 aromatic carbocycles. The third-order valence-electron chi connectivity index (χ3n) is 4.01. The summed E-state index contributed by atoms with van der Waals surface area (Å²) in [5.74, 6) is 0. The summed E-state index contributed by atoms with van der Waals surface area (Å²) in [5, 5.41) is 0. The summed E-state index contributed by atoms with van der Waals surface area (Å²) < 4.78 is 0. The van der Waals surface area contributed by atoms with E-state index in [1.165, 1.54) is 30.4 Å². The topological polar surface area (TPSA) is 3.24 Å². The standard InChI is InChI=1S/C19H29N/c1-8-9-19-13-12-18(11-10-16(6)14(2)3)17(7)20(19)15(4)5/h10-11,19H,2,4,7-9,12-13H2,1,3,5-6H3/b16-10+,18-11-. The van der Waals surface area contributed by atoms with Gasteiger partial charge in [-0.2, -0.15) is 0 Å². The molecule has 0 spiro atoms. The van der Waals surface area contributed by atoms with Crippen molar-refractivity contribution in [1.82, 2.24) is 4.90 Å². The molecule has 0 aliphatic carbocycles. The van der Waals surface area contributed by atoms with E-state index in [1.54, 1.807) is 0 Å². The average Bonchev–Trinajstić information content (AvgIpc) is 2.37. The minimum atomic E-state index is 0.563. The SMILES string of the molecule is C=C(C)/C(C)=C/C=C1/CCC(CCC)N(C(=C)C)C1=C. The lowest BCUT2D eigenvalue weighted by Crippen LogP contribution is -2.36. The van der Waals surface area contributed by atoms with Crippen LogP contribution in [0.15, 0.2) is 60.0 Å². The van der Waals surface area contributed by atoms with E-state index >= 15 is 0 Å². The molecule has 1 fully saturated rings. The first-order chi connectivity index (χ1) is 9.38. The molecule has 0 amide bonds. The van der Waals surface area contributed by atoms with Gasteiger partial charge in [-0.1, -0.05) is 50.8 Å². The van der Waals surface area contributed by atoms with E-state index in [1.807, 2.05) is 6.92 Å². The zero-order chi connectivity index (χ0) is 15.3. The zero-order valence-corrected chi connectivity index (χ0v) is 13.6. The van der Waals surface area contributed by atoms with Crippen LogP contribution in [0.5, 0.6) is 0 Å². The van der Waals surface area contributed by atoms with Crippen molar-refractivity contribution in [2.24, 2.45) is 0 Å². The summed E-state index contributed by atoms with van der Waals surface area (Å²) in [6.07, 6.45) is 9.05. The van der Waals surface area contributed by atoms with E-state index < -0.39 is 0 Å². The number of hydrogen-bond acceptors (Lipinski definition) is 1. The fourth-order valence-electron chi connectivity index (χ4n) is 2.67. The molecule has 110 valence electrons. The largest absolute Gasteiger partial charge is 0.343 e. The molecule has 1 unspecified atom stereocenters. The summed E-state index contributed by atoms with van der Waals surface area (Å²) in [7, 11) is 0. The molecule has 1 saturated heterocycles. The molecule has 0 saturated carbocycles. The molecular weight excluding hydrogens is 242 g/mol. The van der Waals surface area contributed by atoms with Gasteiger partial charge in [0.1, 0.15) is 0 Å². The number of rotatable bonds is 5. The van der Waals surface area contributed by atoms with Crippen molar-refractivity contribution >= 4 is 0 Å². The molecule has 0 N–H and O–H groups in total. The fourth-order valence-corrected chi connectivity index (χ4v) is 2.67. The number of allylic oxidation sites excluding steroid dienone is 6. The lowest BCUT2D eigenvalue weighted by atomic mass is 9.91. The van der Waals surface area contributed by atoms with Crippen LogP contribution < -0.4 is 0 Å². The van der Waals surface area contributed by atoms with Gasteiger partial charge in [-0.25, -0.2) is 0 Å². The molecule has 1 heterocycles. The third-order valence-corrected chi connectivity index (χ3v) is 4.01. The minimum absolute atomic E-state index is 0.563. The molecule has 1 nitrogen and oxygen atoms in total. The Kier molecular flexibility index (Phi) is 6.06. The monoisotopic (exact) mass is 271 g/mol. The maximum Gasteiger partial charge on any atom is 0.0370 e. The maximum atomic E-state index is 4.30. The van der Waals surface area contributed by atoms with E-state index in [0.717, 1.165) is 23.4 Å². The Bertz CT molecular complexity index is 462. The Hall–Kier alpha value is -1.50. The number of likely N-dealkylation sites (tertiary alicyclic amines) is 1. The predicted octanol–water partition coefficient (Wildman–Crippen LogP) is 5.75. The average molecular weight is 271 g/mol. The van der Waals surface area contributed by atoms with E-state index in [-0.39, 0.29) is 0 Å². The quantitative estimate of drug-likeness (QED) is 0.576. The Morgan fingerprint density at radius 3 is 2.45 bits per heavy atom. The van der Waals surface area contributed by atoms with Crippen molar-refractivity contribution in [1.29, 1.82) is 0 Å². The van der Waals surface area contributed by atoms with Gasteiger partial charge in [-0.15, -0.1) is 0 Å². The molecule has 1 heteroatoms. The van der Waals surface area contributed by atoms with Crippen molar-refractivity contribution in [3.63, 3.8) is 0 Å². The number of nitrogens with zero attached hydrogens (tertiary/aromatic N) is 1. The van der Waals surface area contributed by atoms with Crippen LogP contribution in [0.2, 0.25) is 0 Å². The van der Waals surface area contributed by atoms with Gasteiger partial charge in [0.25, 0.3) is 0 Å². The third kappa shape index (κ3) is 4.00. The van der Waals surface area contributed by atoms with E-state index in [4.69, 9.17) is 0 Å². The van der Waals surface area contributed by atoms with Gasteiger partial charge in [0.2, 0.25) is 0 Å². The van der Waals surface area contributed by atoms with Gasteiger partial charge >= 0.3 is 0 Å². The van der Waals surface area contributed by atoms with Gasteiger partial charge in [0.05, 0.1) is 0 Å². The van der Waals surface area contributed by atoms with Crippen molar-refractivity contribution in [3.05, 3.63) is 60.0 Å². The fraction of sp³-hybridized carbons (Fsp3) is 0.474. The molecule has 1 atom stereocenters. The molecule has 1 rings (SSSR count). The molecular formula is C19H29N. The second-order valence-electron chi connectivity index (χ2n) is 5.86. The second-order valence-corrected chi connectivity index (χ2v) is 5.86. The van der Waals surface area contributed by atoms with Crippen LogP contribution in [0.25, 0.3) is 0 Å². The first kappa shape index (κ1) is 16.6. The van der Waals surface area contributed by atoms with Gasteiger partial charge in [-0.05, 0) is 51.2 Å². The molecule has 0 aromatic rings. The van der Waals surface area contributed by atoms with Crippen LogP contribution >= 0.6 is 0 Å². The normalized spacial score (nSPS) is 22.3. The van der Waals surface area contributed by atoms with Crippen molar-refractivity contribution < 1.29 is 0 Å². The Morgan fingerprint density at radius 1 is 1.30 bits per heavy atom. The summed E-state index contributed by atoms with van der Waals surface area (Å²) >= 11 is 0. The van der Waals surface area contributed by atoms with Gasteiger partial charge < -0.3 is 4.90 Å². The first-order valence-corrected chi connectivity index (χ1v) is 7.55. The molecule has 0 aromatic heterocycles. The van der Waals surface area contributed by atoms with E-state index in [2.05, 4.69) is 57.6 Å². The highest BCUT2D eigenvalue weighted by Crippen LogP contribution is 2.34. The van der Waals surface area contributed by atoms with Gasteiger partial charge in [0.15, 0.2) is 0 Å². The van der Waals surface area contributed by atoms with Crippen LogP contribution in [0, 0.1) is 0 Å². The van der Waals surface area contributed by atoms with Crippen LogP contribution in [0.3, 0.4) is 0 Å². The van der Waals surface area contributed by atoms with Crippen LogP contribution in [-0.4, -0.2) is 10.9 Å². The zero-order valence-electron chi connectivity index (χ0n) is 13.6. The first-order valence-electron chi connectivity index (χ1n) is 7.55. The van der Waals surface area contributed by atoms with E-state index in [9.17, 15) is 0 Å². The van der Waals surface area contributed by atoms with Crippen LogP contribution in [0.4, 0.5) is 0 Å². The van der Waals surface area contributed by atoms with Crippen LogP contribution in [0.1, 0.15) is 53.4 Å². The highest BCUT2D eigenvalue weighted by Gasteiger charge is 2.26. The number of piperidine rings is 1. The molecule has 0 radical (unpaired) electrons. The van der Waals surface area contributed by atoms with Gasteiger partial charge in [-0.3, -0.25) is 0 Å². The Labute approximate surface area is 125 Å². The summed E-state index contributed by atoms with van der Waals surface area (Å²) in [6.45, 7) is 20.9. The molecule has 1 aliphatic rings. The molecule has 1 aliphatic heterocycles. The highest BCUT2D eigenvalue weighted by molar-refractivity contribution is 5.38. The maximum absolute atomic E-state index is 4.30. The lowest BCUT2D eigenvalue weighted by Gasteiger charge is -2.40. The van der Waals surface area contributed by atoms with Crippen LogP contribution in [-0.2, 0) is 0 Å². The van der Waals surface area contributed by atoms with Crippen molar-refractivity contribution in [2.75, 3.05) is 0 Å². The van der Waals surface area contributed by atoms with Crippen molar-refractivity contribution in [2.45, 2.75) is 59.4 Å². The summed E-state index contributed by atoms with van der Waals surface area (Å²) in [4.78, 5) is 2.32. The Balaban J connectivity index is 2.97. The summed E-state index contributed by atoms with van der Waals surface area (Å²) in [6, 6.07) is 0.563. The molecule has 0 bridgehead atoms. The summed E-state index contributed by atoms with van der Waals surface area (Å²) in [5.41, 5.74) is 5.88. The van der Waals surface area contributed by atoms with Gasteiger partial charge in [0, 0.05) is 17.4 Å². The minimum Gasteiger partial charge on any atom is -0.343 e. The van der Waals surface area contributed by atoms with E-state index in [0.29, 0.717) is 6.04 Å². The highest BCUT2D eigenvalue weighted by atomic mass is 15.2. The number of hydrogen-bond donors (Lipinski definition) is 0. The second kappa shape index (κ2) is 7.33. The predicted molar refractivity (Wildman–Crippen MR) is 90.4 cm³/mol. The Morgan fingerprint density at radius 2 is 1.95 bits per heavy atom. The molecule has 20 heavy (non-hydrogen) atoms. The lowest BCUT2D eigenvalue weighted by molar-refractivity contribution is 0.262. The smallest absolute Gasteiger partial charge is 0.0370 e. The van der Waals surface area contributed by atoms with Crippen molar-refractivity contribution in [3.8, 4) is 0 Å².